The first-order chi connectivity index (χ1) is 6.66. The van der Waals surface area contributed by atoms with Crippen LogP contribution in [0.5, 0.6) is 5.75 Å². The largest absolute Gasteiger partial charge is 0.507 e. The van der Waals surface area contributed by atoms with Crippen LogP contribution >= 0.6 is 0 Å². The van der Waals surface area contributed by atoms with E-state index in [1.807, 2.05) is 0 Å². The summed E-state index contributed by atoms with van der Waals surface area (Å²) in [5.74, 6) is 0.707. The minimum Gasteiger partial charge on any atom is -0.507 e. The Balaban J connectivity index is 2.17. The predicted octanol–water partition coefficient (Wildman–Crippen LogP) is 0.880. The van der Waals surface area contributed by atoms with Crippen LogP contribution in [0.25, 0.3) is 0 Å². The second-order valence-corrected chi connectivity index (χ2v) is 3.92. The summed E-state index contributed by atoms with van der Waals surface area (Å²) in [4.78, 5) is 13.4. The normalized spacial score (nSPS) is 18.1. The van der Waals surface area contributed by atoms with E-state index in [2.05, 4.69) is 4.98 Å². The number of aromatic amines is 1. The molecule has 0 radical (unpaired) electrons. The lowest BCUT2D eigenvalue weighted by Crippen LogP contribution is -2.14. The predicted molar refractivity (Wildman–Crippen MR) is 53.0 cm³/mol. The Labute approximate surface area is 81.8 Å². The van der Waals surface area contributed by atoms with E-state index >= 15 is 0 Å². The van der Waals surface area contributed by atoms with Gasteiger partial charge in [-0.2, -0.15) is 0 Å². The molecule has 1 aliphatic rings. The van der Waals surface area contributed by atoms with Crippen LogP contribution in [-0.2, 0) is 0 Å². The molecule has 0 aromatic carbocycles. The SMILES string of the molecule is N[C@@H](CC1CC1)c1c[nH]c(=O)cc1O. The average Bonchev–Trinajstić information content (AvgIpc) is 2.87. The van der Waals surface area contributed by atoms with E-state index in [1.165, 1.54) is 25.1 Å². The van der Waals surface area contributed by atoms with Gasteiger partial charge in [0.1, 0.15) is 5.75 Å². The van der Waals surface area contributed by atoms with E-state index in [1.54, 1.807) is 0 Å². The number of aromatic hydroxyl groups is 1. The van der Waals surface area contributed by atoms with Crippen molar-refractivity contribution in [3.05, 3.63) is 28.2 Å². The van der Waals surface area contributed by atoms with Crippen molar-refractivity contribution in [2.45, 2.75) is 25.3 Å². The molecule has 0 bridgehead atoms. The van der Waals surface area contributed by atoms with Gasteiger partial charge in [0.05, 0.1) is 0 Å². The standard InChI is InChI=1S/C10H14N2O2/c11-8(3-6-1-2-6)7-5-12-10(14)4-9(7)13/h4-6,8H,1-3,11H2,(H2,12,13,14)/t8-/m0/s1. The molecule has 4 nitrogen and oxygen atoms in total. The van der Waals surface area contributed by atoms with E-state index in [0.717, 1.165) is 6.42 Å². The third-order valence-corrected chi connectivity index (χ3v) is 2.62. The van der Waals surface area contributed by atoms with Crippen molar-refractivity contribution >= 4 is 0 Å². The van der Waals surface area contributed by atoms with Crippen molar-refractivity contribution in [3.8, 4) is 5.75 Å². The van der Waals surface area contributed by atoms with Crippen LogP contribution in [0.3, 0.4) is 0 Å². The number of hydrogen-bond acceptors (Lipinski definition) is 3. The van der Waals surface area contributed by atoms with Crippen LogP contribution in [0.2, 0.25) is 0 Å². The first-order valence-electron chi connectivity index (χ1n) is 4.84. The monoisotopic (exact) mass is 194 g/mol. The van der Waals surface area contributed by atoms with E-state index in [4.69, 9.17) is 5.73 Å². The molecule has 2 rings (SSSR count). The lowest BCUT2D eigenvalue weighted by Gasteiger charge is -2.11. The van der Waals surface area contributed by atoms with Crippen molar-refractivity contribution in [1.29, 1.82) is 0 Å². The van der Waals surface area contributed by atoms with Crippen LogP contribution in [0.15, 0.2) is 17.1 Å². The maximum Gasteiger partial charge on any atom is 0.251 e. The summed E-state index contributed by atoms with van der Waals surface area (Å²) < 4.78 is 0. The molecule has 14 heavy (non-hydrogen) atoms. The highest BCUT2D eigenvalue weighted by molar-refractivity contribution is 5.31. The first-order valence-corrected chi connectivity index (χ1v) is 4.84. The molecular weight excluding hydrogens is 180 g/mol. The number of H-pyrrole nitrogens is 1. The highest BCUT2D eigenvalue weighted by Crippen LogP contribution is 2.37. The number of pyridine rings is 1. The Kier molecular flexibility index (Phi) is 2.29. The molecule has 4 N–H and O–H groups in total. The molecule has 0 amide bonds. The Morgan fingerprint density at radius 2 is 2.36 bits per heavy atom. The third-order valence-electron chi connectivity index (χ3n) is 2.62. The van der Waals surface area contributed by atoms with Crippen LogP contribution in [-0.4, -0.2) is 10.1 Å². The van der Waals surface area contributed by atoms with E-state index in [0.29, 0.717) is 11.5 Å². The minimum absolute atomic E-state index is 0.00176. The molecule has 0 spiro atoms. The number of rotatable bonds is 3. The summed E-state index contributed by atoms with van der Waals surface area (Å²) in [6.07, 6.45) is 4.86. The molecule has 0 saturated heterocycles. The highest BCUT2D eigenvalue weighted by Gasteiger charge is 2.25. The van der Waals surface area contributed by atoms with Crippen LogP contribution in [0.1, 0.15) is 30.9 Å². The summed E-state index contributed by atoms with van der Waals surface area (Å²) in [5.41, 5.74) is 6.24. The van der Waals surface area contributed by atoms with Crippen LogP contribution < -0.4 is 11.3 Å². The second-order valence-electron chi connectivity index (χ2n) is 3.92. The van der Waals surface area contributed by atoms with Crippen molar-refractivity contribution in [3.63, 3.8) is 0 Å². The van der Waals surface area contributed by atoms with E-state index in [-0.39, 0.29) is 17.4 Å². The smallest absolute Gasteiger partial charge is 0.251 e. The molecule has 0 aliphatic heterocycles. The Morgan fingerprint density at radius 1 is 1.64 bits per heavy atom. The Bertz CT molecular complexity index is 382. The molecule has 1 aromatic heterocycles. The zero-order chi connectivity index (χ0) is 10.1. The van der Waals surface area contributed by atoms with Gasteiger partial charge in [-0.3, -0.25) is 4.79 Å². The fourth-order valence-electron chi connectivity index (χ4n) is 1.61. The molecule has 76 valence electrons. The van der Waals surface area contributed by atoms with Gasteiger partial charge < -0.3 is 15.8 Å². The summed E-state index contributed by atoms with van der Waals surface area (Å²) in [7, 11) is 0. The average molecular weight is 194 g/mol. The van der Waals surface area contributed by atoms with Gasteiger partial charge in [0.15, 0.2) is 0 Å². The zero-order valence-electron chi connectivity index (χ0n) is 7.86. The Morgan fingerprint density at radius 3 is 2.93 bits per heavy atom. The van der Waals surface area contributed by atoms with Gasteiger partial charge in [0.2, 0.25) is 0 Å². The molecule has 1 aliphatic carbocycles. The highest BCUT2D eigenvalue weighted by atomic mass is 16.3. The lowest BCUT2D eigenvalue weighted by atomic mass is 10.0. The zero-order valence-corrected chi connectivity index (χ0v) is 7.86. The van der Waals surface area contributed by atoms with Gasteiger partial charge in [0.25, 0.3) is 5.56 Å². The third kappa shape index (κ3) is 1.96. The molecule has 1 fully saturated rings. The second kappa shape index (κ2) is 3.46. The maximum absolute atomic E-state index is 10.8. The summed E-state index contributed by atoms with van der Waals surface area (Å²) in [6, 6.07) is 1.00. The van der Waals surface area contributed by atoms with Gasteiger partial charge >= 0.3 is 0 Å². The van der Waals surface area contributed by atoms with Gasteiger partial charge in [-0.25, -0.2) is 0 Å². The van der Waals surface area contributed by atoms with Crippen molar-refractivity contribution in [2.75, 3.05) is 0 Å². The fraction of sp³-hybridized carbons (Fsp3) is 0.500. The van der Waals surface area contributed by atoms with Crippen molar-refractivity contribution in [1.82, 2.24) is 4.98 Å². The number of nitrogens with one attached hydrogen (secondary N) is 1. The van der Waals surface area contributed by atoms with Gasteiger partial charge in [-0.15, -0.1) is 0 Å². The quantitative estimate of drug-likeness (QED) is 0.668. The number of aromatic nitrogens is 1. The number of hydrogen-bond donors (Lipinski definition) is 3. The molecular formula is C10H14N2O2. The van der Waals surface area contributed by atoms with Crippen LogP contribution in [0.4, 0.5) is 0 Å². The van der Waals surface area contributed by atoms with Gasteiger partial charge in [-0.1, -0.05) is 12.8 Å². The molecule has 1 aromatic rings. The molecule has 1 heterocycles. The minimum atomic E-state index is -0.301. The van der Waals surface area contributed by atoms with Crippen molar-refractivity contribution in [2.24, 2.45) is 11.7 Å². The summed E-state index contributed by atoms with van der Waals surface area (Å²) >= 11 is 0. The van der Waals surface area contributed by atoms with Gasteiger partial charge in [-0.05, 0) is 12.3 Å². The molecule has 1 atom stereocenters. The van der Waals surface area contributed by atoms with E-state index < -0.39 is 0 Å². The fourth-order valence-corrected chi connectivity index (χ4v) is 1.61. The topological polar surface area (TPSA) is 79.1 Å². The molecule has 4 heteroatoms. The van der Waals surface area contributed by atoms with Crippen LogP contribution in [0, 0.1) is 5.92 Å². The van der Waals surface area contributed by atoms with Gasteiger partial charge in [0, 0.05) is 23.9 Å². The number of nitrogens with two attached hydrogens (primary N) is 1. The lowest BCUT2D eigenvalue weighted by molar-refractivity contribution is 0.453. The summed E-state index contributed by atoms with van der Waals surface area (Å²) in [5, 5.41) is 9.50. The summed E-state index contributed by atoms with van der Waals surface area (Å²) in [6.45, 7) is 0. The molecule has 1 saturated carbocycles. The maximum atomic E-state index is 10.8. The van der Waals surface area contributed by atoms with E-state index in [9.17, 15) is 9.90 Å². The first kappa shape index (κ1) is 9.27. The van der Waals surface area contributed by atoms with Crippen molar-refractivity contribution < 1.29 is 5.11 Å². The molecule has 0 unspecified atom stereocenters. The Hall–Kier alpha value is -1.29.